The Hall–Kier alpha value is -0.120. The molecule has 0 aromatic heterocycles. The minimum atomic E-state index is 0.732. The first-order valence-corrected chi connectivity index (χ1v) is 6.27. The second-order valence-corrected chi connectivity index (χ2v) is 5.55. The van der Waals surface area contributed by atoms with Gasteiger partial charge >= 0.3 is 0 Å². The Labute approximate surface area is 93.8 Å². The molecule has 0 radical (unpaired) electrons. The molecule has 2 saturated heterocycles. The zero-order chi connectivity index (χ0) is 10.8. The van der Waals surface area contributed by atoms with Crippen molar-refractivity contribution in [3.63, 3.8) is 0 Å². The Morgan fingerprint density at radius 1 is 1.27 bits per heavy atom. The smallest absolute Gasteiger partial charge is 0.0209 e. The molecule has 0 aromatic rings. The number of likely N-dealkylation sites (tertiary alicyclic amines) is 2. The summed E-state index contributed by atoms with van der Waals surface area (Å²) in [7, 11) is 4.46. The number of hydrogen-bond acceptors (Lipinski definition) is 3. The van der Waals surface area contributed by atoms with Crippen molar-refractivity contribution in [1.82, 2.24) is 15.1 Å². The molecule has 3 nitrogen and oxygen atoms in total. The van der Waals surface area contributed by atoms with Gasteiger partial charge in [-0.2, -0.15) is 0 Å². The summed E-state index contributed by atoms with van der Waals surface area (Å²) < 4.78 is 0. The zero-order valence-electron chi connectivity index (χ0n) is 10.4. The SMILES string of the molecule is CC1CC(NCC2CCN(C)C2)CN1C. The van der Waals surface area contributed by atoms with Crippen LogP contribution < -0.4 is 5.32 Å². The standard InChI is InChI=1S/C12H25N3/c1-10-6-12(9-15(10)3)13-7-11-4-5-14(2)8-11/h10-13H,4-9H2,1-3H3. The van der Waals surface area contributed by atoms with Gasteiger partial charge in [0.2, 0.25) is 0 Å². The molecule has 3 unspecified atom stereocenters. The third-order valence-corrected chi connectivity index (χ3v) is 4.07. The molecule has 3 heteroatoms. The van der Waals surface area contributed by atoms with Crippen LogP contribution in [-0.2, 0) is 0 Å². The molecule has 1 N–H and O–H groups in total. The minimum Gasteiger partial charge on any atom is -0.312 e. The number of likely N-dealkylation sites (N-methyl/N-ethyl adjacent to an activating group) is 1. The van der Waals surface area contributed by atoms with Crippen LogP contribution in [-0.4, -0.2) is 62.2 Å². The van der Waals surface area contributed by atoms with Gasteiger partial charge in [0.15, 0.2) is 0 Å². The normalized spacial score (nSPS) is 39.0. The largest absolute Gasteiger partial charge is 0.312 e. The van der Waals surface area contributed by atoms with E-state index in [1.807, 2.05) is 0 Å². The van der Waals surface area contributed by atoms with Crippen molar-refractivity contribution in [2.45, 2.75) is 31.8 Å². The number of nitrogens with one attached hydrogen (secondary N) is 1. The van der Waals surface area contributed by atoms with Crippen LogP contribution in [0.25, 0.3) is 0 Å². The highest BCUT2D eigenvalue weighted by molar-refractivity contribution is 4.86. The Kier molecular flexibility index (Phi) is 3.65. The summed E-state index contributed by atoms with van der Waals surface area (Å²) in [5.41, 5.74) is 0. The Morgan fingerprint density at radius 3 is 2.60 bits per heavy atom. The van der Waals surface area contributed by atoms with E-state index in [1.165, 1.54) is 39.0 Å². The maximum absolute atomic E-state index is 3.74. The van der Waals surface area contributed by atoms with Crippen molar-refractivity contribution in [3.05, 3.63) is 0 Å². The molecule has 3 atom stereocenters. The zero-order valence-corrected chi connectivity index (χ0v) is 10.4. The topological polar surface area (TPSA) is 18.5 Å². The monoisotopic (exact) mass is 211 g/mol. The maximum Gasteiger partial charge on any atom is 0.0209 e. The van der Waals surface area contributed by atoms with E-state index in [9.17, 15) is 0 Å². The first-order chi connectivity index (χ1) is 7.15. The van der Waals surface area contributed by atoms with E-state index >= 15 is 0 Å². The highest BCUT2D eigenvalue weighted by Gasteiger charge is 2.27. The van der Waals surface area contributed by atoms with E-state index in [0.717, 1.165) is 18.0 Å². The van der Waals surface area contributed by atoms with Crippen LogP contribution in [0, 0.1) is 5.92 Å². The molecule has 2 fully saturated rings. The number of hydrogen-bond donors (Lipinski definition) is 1. The van der Waals surface area contributed by atoms with Gasteiger partial charge < -0.3 is 15.1 Å². The van der Waals surface area contributed by atoms with Crippen molar-refractivity contribution in [3.8, 4) is 0 Å². The van der Waals surface area contributed by atoms with Crippen LogP contribution in [0.5, 0.6) is 0 Å². The van der Waals surface area contributed by atoms with E-state index in [4.69, 9.17) is 0 Å². The highest BCUT2D eigenvalue weighted by Crippen LogP contribution is 2.17. The second-order valence-electron chi connectivity index (χ2n) is 5.55. The third-order valence-electron chi connectivity index (χ3n) is 4.07. The van der Waals surface area contributed by atoms with E-state index in [2.05, 4.69) is 36.1 Å². The van der Waals surface area contributed by atoms with Crippen LogP contribution in [0.15, 0.2) is 0 Å². The van der Waals surface area contributed by atoms with Gasteiger partial charge in [0.1, 0.15) is 0 Å². The van der Waals surface area contributed by atoms with Crippen molar-refractivity contribution < 1.29 is 0 Å². The Balaban J connectivity index is 1.66. The lowest BCUT2D eigenvalue weighted by molar-refractivity contribution is 0.324. The minimum absolute atomic E-state index is 0.732. The fraction of sp³-hybridized carbons (Fsp3) is 1.00. The van der Waals surface area contributed by atoms with Gasteiger partial charge in [0.25, 0.3) is 0 Å². The molecule has 2 aliphatic heterocycles. The van der Waals surface area contributed by atoms with E-state index in [0.29, 0.717) is 0 Å². The predicted molar refractivity (Wildman–Crippen MR) is 64.1 cm³/mol. The number of nitrogens with zero attached hydrogens (tertiary/aromatic N) is 2. The van der Waals surface area contributed by atoms with Gasteiger partial charge in [-0.15, -0.1) is 0 Å². The third kappa shape index (κ3) is 2.92. The van der Waals surface area contributed by atoms with Crippen LogP contribution >= 0.6 is 0 Å². The predicted octanol–water partition coefficient (Wildman–Crippen LogP) is 0.620. The fourth-order valence-electron chi connectivity index (χ4n) is 2.87. The molecule has 0 aliphatic carbocycles. The molecule has 2 rings (SSSR count). The lowest BCUT2D eigenvalue weighted by atomic mass is 10.1. The van der Waals surface area contributed by atoms with Crippen molar-refractivity contribution >= 4 is 0 Å². The van der Waals surface area contributed by atoms with Gasteiger partial charge in [-0.1, -0.05) is 0 Å². The van der Waals surface area contributed by atoms with Gasteiger partial charge in [0.05, 0.1) is 0 Å². The van der Waals surface area contributed by atoms with E-state index in [-0.39, 0.29) is 0 Å². The fourth-order valence-corrected chi connectivity index (χ4v) is 2.87. The molecule has 88 valence electrons. The molecular formula is C12H25N3. The van der Waals surface area contributed by atoms with Crippen LogP contribution in [0.2, 0.25) is 0 Å². The summed E-state index contributed by atoms with van der Waals surface area (Å²) >= 11 is 0. The molecule has 0 aromatic carbocycles. The highest BCUT2D eigenvalue weighted by atomic mass is 15.2. The molecule has 0 amide bonds. The summed E-state index contributed by atoms with van der Waals surface area (Å²) in [5, 5.41) is 3.74. The van der Waals surface area contributed by atoms with Crippen molar-refractivity contribution in [2.24, 2.45) is 5.92 Å². The summed E-state index contributed by atoms with van der Waals surface area (Å²) in [5.74, 6) is 0.885. The molecule has 15 heavy (non-hydrogen) atoms. The van der Waals surface area contributed by atoms with Crippen LogP contribution in [0.1, 0.15) is 19.8 Å². The van der Waals surface area contributed by atoms with Crippen LogP contribution in [0.3, 0.4) is 0 Å². The van der Waals surface area contributed by atoms with E-state index < -0.39 is 0 Å². The molecule has 0 bridgehead atoms. The quantitative estimate of drug-likeness (QED) is 0.738. The summed E-state index contributed by atoms with van der Waals surface area (Å²) in [6.07, 6.45) is 2.70. The first-order valence-electron chi connectivity index (χ1n) is 6.27. The molecular weight excluding hydrogens is 186 g/mol. The average molecular weight is 211 g/mol. The van der Waals surface area contributed by atoms with Crippen molar-refractivity contribution in [1.29, 1.82) is 0 Å². The van der Waals surface area contributed by atoms with Gasteiger partial charge in [0, 0.05) is 25.2 Å². The average Bonchev–Trinajstić information content (AvgIpc) is 2.72. The molecule has 2 aliphatic rings. The number of rotatable bonds is 3. The summed E-state index contributed by atoms with van der Waals surface area (Å²) in [6.45, 7) is 7.34. The van der Waals surface area contributed by atoms with Crippen molar-refractivity contribution in [2.75, 3.05) is 40.3 Å². The summed E-state index contributed by atoms with van der Waals surface area (Å²) in [4.78, 5) is 4.90. The van der Waals surface area contributed by atoms with Gasteiger partial charge in [-0.05, 0) is 52.9 Å². The molecule has 0 spiro atoms. The Bertz CT molecular complexity index is 197. The van der Waals surface area contributed by atoms with Crippen LogP contribution in [0.4, 0.5) is 0 Å². The lowest BCUT2D eigenvalue weighted by Crippen LogP contribution is -2.35. The molecule has 0 saturated carbocycles. The first kappa shape index (κ1) is 11.4. The molecule has 2 heterocycles. The summed E-state index contributed by atoms with van der Waals surface area (Å²) in [6, 6.07) is 1.49. The lowest BCUT2D eigenvalue weighted by Gasteiger charge is -2.16. The Morgan fingerprint density at radius 2 is 2.07 bits per heavy atom. The van der Waals surface area contributed by atoms with Gasteiger partial charge in [-0.3, -0.25) is 0 Å². The van der Waals surface area contributed by atoms with Gasteiger partial charge in [-0.25, -0.2) is 0 Å². The van der Waals surface area contributed by atoms with E-state index in [1.54, 1.807) is 0 Å². The maximum atomic E-state index is 3.74. The second kappa shape index (κ2) is 4.81.